The van der Waals surface area contributed by atoms with Crippen molar-refractivity contribution in [2.75, 3.05) is 32.6 Å². The Morgan fingerprint density at radius 2 is 1.90 bits per heavy atom. The van der Waals surface area contributed by atoms with Crippen LogP contribution < -0.4 is 9.46 Å². The maximum atomic E-state index is 11.9. The van der Waals surface area contributed by atoms with Crippen molar-refractivity contribution in [1.82, 2.24) is 9.62 Å². The number of para-hydroxylation sites is 1. The third-order valence-electron chi connectivity index (χ3n) is 6.97. The Morgan fingerprint density at radius 1 is 1.14 bits per heavy atom. The van der Waals surface area contributed by atoms with Crippen LogP contribution in [0.1, 0.15) is 51.0 Å². The molecular formula is C22H34N2O4S. The molecule has 0 amide bonds. The molecule has 1 aromatic rings. The summed E-state index contributed by atoms with van der Waals surface area (Å²) in [5.41, 5.74) is 1.43. The van der Waals surface area contributed by atoms with Gasteiger partial charge in [0.15, 0.2) is 0 Å². The molecular weight excluding hydrogens is 388 g/mol. The maximum absolute atomic E-state index is 11.9. The first-order valence-electron chi connectivity index (χ1n) is 10.9. The largest absolute Gasteiger partial charge is 0.492 e. The highest BCUT2D eigenvalue weighted by Gasteiger charge is 2.38. The molecule has 7 heteroatoms. The average molecular weight is 423 g/mol. The molecule has 1 N–H and O–H groups in total. The van der Waals surface area contributed by atoms with Crippen LogP contribution in [0.25, 0.3) is 0 Å². The van der Waals surface area contributed by atoms with E-state index in [4.69, 9.17) is 9.47 Å². The van der Waals surface area contributed by atoms with E-state index in [1.54, 1.807) is 0 Å². The number of nitrogens with one attached hydrogen (secondary N) is 1. The number of piperidine rings is 1. The molecule has 3 heterocycles. The number of hydrogen-bond donors (Lipinski definition) is 1. The SMILES string of the molecule is CC12CCC(CC1)OC[C@H]1[C@@H](NS(C)(=O)=O)CCCN1CCOc1ccccc12. The van der Waals surface area contributed by atoms with Gasteiger partial charge in [0.05, 0.1) is 19.0 Å². The molecule has 2 bridgehead atoms. The zero-order chi connectivity index (χ0) is 20.5. The highest BCUT2D eigenvalue weighted by Crippen LogP contribution is 2.43. The Labute approximate surface area is 175 Å². The fourth-order valence-electron chi connectivity index (χ4n) is 5.30. The number of nitrogens with zero attached hydrogens (tertiary/aromatic N) is 1. The molecule has 0 radical (unpaired) electrons. The van der Waals surface area contributed by atoms with Gasteiger partial charge < -0.3 is 9.47 Å². The van der Waals surface area contributed by atoms with E-state index in [9.17, 15) is 8.42 Å². The monoisotopic (exact) mass is 422 g/mol. The molecule has 0 aromatic heterocycles. The molecule has 1 aromatic carbocycles. The predicted octanol–water partition coefficient (Wildman–Crippen LogP) is 2.68. The lowest BCUT2D eigenvalue weighted by molar-refractivity contribution is -0.0332. The van der Waals surface area contributed by atoms with Gasteiger partial charge in [-0.1, -0.05) is 25.1 Å². The van der Waals surface area contributed by atoms with Crippen molar-refractivity contribution in [3.8, 4) is 5.75 Å². The predicted molar refractivity (Wildman–Crippen MR) is 114 cm³/mol. The Kier molecular flexibility index (Phi) is 6.21. The summed E-state index contributed by atoms with van der Waals surface area (Å²) < 4.78 is 39.3. The molecule has 162 valence electrons. The van der Waals surface area contributed by atoms with Crippen LogP contribution in [0.2, 0.25) is 0 Å². The van der Waals surface area contributed by atoms with Crippen LogP contribution in [0.5, 0.6) is 5.75 Å². The van der Waals surface area contributed by atoms with Gasteiger partial charge in [0.1, 0.15) is 12.4 Å². The van der Waals surface area contributed by atoms with Crippen LogP contribution in [0.15, 0.2) is 24.3 Å². The van der Waals surface area contributed by atoms with Crippen LogP contribution in [-0.2, 0) is 20.2 Å². The Bertz CT molecular complexity index is 805. The van der Waals surface area contributed by atoms with Gasteiger partial charge in [-0.3, -0.25) is 4.90 Å². The molecule has 1 saturated carbocycles. The van der Waals surface area contributed by atoms with Gasteiger partial charge in [0, 0.05) is 24.2 Å². The number of ether oxygens (including phenoxy) is 2. The van der Waals surface area contributed by atoms with E-state index in [1.165, 1.54) is 11.8 Å². The van der Waals surface area contributed by atoms with E-state index in [1.807, 2.05) is 6.07 Å². The van der Waals surface area contributed by atoms with Gasteiger partial charge >= 0.3 is 0 Å². The van der Waals surface area contributed by atoms with E-state index in [0.717, 1.165) is 57.4 Å². The van der Waals surface area contributed by atoms with Gasteiger partial charge in [-0.15, -0.1) is 0 Å². The maximum Gasteiger partial charge on any atom is 0.209 e. The topological polar surface area (TPSA) is 67.9 Å². The number of fused-ring (bicyclic) bond motifs is 5. The second kappa shape index (κ2) is 8.53. The van der Waals surface area contributed by atoms with Gasteiger partial charge in [0.25, 0.3) is 0 Å². The molecule has 2 fully saturated rings. The number of benzene rings is 1. The quantitative estimate of drug-likeness (QED) is 0.794. The highest BCUT2D eigenvalue weighted by atomic mass is 32.2. The number of hydrogen-bond acceptors (Lipinski definition) is 5. The van der Waals surface area contributed by atoms with E-state index in [2.05, 4.69) is 34.7 Å². The van der Waals surface area contributed by atoms with Crippen LogP contribution in [0.4, 0.5) is 0 Å². The minimum Gasteiger partial charge on any atom is -0.492 e. The van der Waals surface area contributed by atoms with Crippen LogP contribution in [0, 0.1) is 0 Å². The molecule has 5 rings (SSSR count). The molecule has 6 nitrogen and oxygen atoms in total. The van der Waals surface area contributed by atoms with E-state index in [0.29, 0.717) is 13.2 Å². The molecule has 0 spiro atoms. The molecule has 1 aliphatic carbocycles. The highest BCUT2D eigenvalue weighted by molar-refractivity contribution is 7.88. The van der Waals surface area contributed by atoms with E-state index >= 15 is 0 Å². The summed E-state index contributed by atoms with van der Waals surface area (Å²) >= 11 is 0. The van der Waals surface area contributed by atoms with Gasteiger partial charge in [-0.2, -0.15) is 0 Å². The Morgan fingerprint density at radius 3 is 2.66 bits per heavy atom. The number of rotatable bonds is 2. The second-order valence-electron chi connectivity index (χ2n) is 9.18. The zero-order valence-electron chi connectivity index (χ0n) is 17.6. The minimum absolute atomic E-state index is 0.0476. The molecule has 1 saturated heterocycles. The smallest absolute Gasteiger partial charge is 0.209 e. The Hall–Kier alpha value is -1.15. The summed E-state index contributed by atoms with van der Waals surface area (Å²) in [5.74, 6) is 0.994. The van der Waals surface area contributed by atoms with Crippen molar-refractivity contribution in [2.24, 2.45) is 0 Å². The lowest BCUT2D eigenvalue weighted by Crippen LogP contribution is -2.58. The van der Waals surface area contributed by atoms with Crippen LogP contribution >= 0.6 is 0 Å². The van der Waals surface area contributed by atoms with Gasteiger partial charge in [-0.05, 0) is 56.6 Å². The van der Waals surface area contributed by atoms with Crippen LogP contribution in [0.3, 0.4) is 0 Å². The molecule has 0 unspecified atom stereocenters. The third kappa shape index (κ3) is 4.95. The fourth-order valence-corrected chi connectivity index (χ4v) is 6.13. The lowest BCUT2D eigenvalue weighted by Gasteiger charge is -2.42. The summed E-state index contributed by atoms with van der Waals surface area (Å²) in [4.78, 5) is 2.35. The summed E-state index contributed by atoms with van der Waals surface area (Å²) in [6, 6.07) is 8.40. The summed E-state index contributed by atoms with van der Waals surface area (Å²) in [7, 11) is -3.25. The average Bonchev–Trinajstić information content (AvgIpc) is 2.69. The van der Waals surface area contributed by atoms with E-state index in [-0.39, 0.29) is 23.6 Å². The zero-order valence-corrected chi connectivity index (χ0v) is 18.4. The van der Waals surface area contributed by atoms with Crippen LogP contribution in [-0.4, -0.2) is 64.1 Å². The first-order chi connectivity index (χ1) is 13.8. The van der Waals surface area contributed by atoms with Crippen molar-refractivity contribution in [1.29, 1.82) is 0 Å². The molecule has 3 aliphatic heterocycles. The van der Waals surface area contributed by atoms with Crippen molar-refractivity contribution in [2.45, 2.75) is 69.1 Å². The van der Waals surface area contributed by atoms with Crippen molar-refractivity contribution in [3.05, 3.63) is 29.8 Å². The fraction of sp³-hybridized carbons (Fsp3) is 0.727. The standard InChI is InChI=1S/C22H34N2O4S/c1-22-11-9-17(10-12-22)28-16-20-19(23-29(2,25)26)7-5-13-24(20)14-15-27-21-8-4-3-6-18(21)22/h3-4,6,8,17,19-20,23H,5,7,9-16H2,1-2H3/t17?,19-,20-,22?/m0/s1. The minimum atomic E-state index is -3.25. The first kappa shape index (κ1) is 21.1. The van der Waals surface area contributed by atoms with Crippen molar-refractivity contribution >= 4 is 10.0 Å². The molecule has 4 aliphatic rings. The summed E-state index contributed by atoms with van der Waals surface area (Å²) in [5, 5.41) is 0. The summed E-state index contributed by atoms with van der Waals surface area (Å²) in [6.07, 6.45) is 7.54. The van der Waals surface area contributed by atoms with Crippen molar-refractivity contribution in [3.63, 3.8) is 0 Å². The lowest BCUT2D eigenvalue weighted by atomic mass is 9.70. The van der Waals surface area contributed by atoms with Gasteiger partial charge in [0.2, 0.25) is 10.0 Å². The molecule has 2 atom stereocenters. The second-order valence-corrected chi connectivity index (χ2v) is 11.0. The van der Waals surface area contributed by atoms with E-state index < -0.39 is 10.0 Å². The normalized spacial score (nSPS) is 34.1. The van der Waals surface area contributed by atoms with Crippen molar-refractivity contribution < 1.29 is 17.9 Å². The third-order valence-corrected chi connectivity index (χ3v) is 7.70. The number of sulfonamides is 1. The van der Waals surface area contributed by atoms with Gasteiger partial charge in [-0.25, -0.2) is 13.1 Å². The molecule has 29 heavy (non-hydrogen) atoms. The first-order valence-corrected chi connectivity index (χ1v) is 12.8. The summed E-state index contributed by atoms with van der Waals surface area (Å²) in [6.45, 7) is 5.23. The Balaban J connectivity index is 1.58.